The van der Waals surface area contributed by atoms with Crippen molar-refractivity contribution in [3.05, 3.63) is 94.0 Å². The minimum Gasteiger partial charge on any atom is -0.352 e. The van der Waals surface area contributed by atoms with Crippen molar-refractivity contribution in [3.63, 3.8) is 0 Å². The summed E-state index contributed by atoms with van der Waals surface area (Å²) in [5.74, 6) is -0.748. The van der Waals surface area contributed by atoms with E-state index in [1.165, 1.54) is 23.1 Å². The van der Waals surface area contributed by atoms with Gasteiger partial charge in [-0.1, -0.05) is 79.4 Å². The van der Waals surface area contributed by atoms with Crippen LogP contribution in [0.2, 0.25) is 10.0 Å². The molecule has 0 bridgehead atoms. The Kier molecular flexibility index (Phi) is 10.3. The van der Waals surface area contributed by atoms with Crippen LogP contribution >= 0.6 is 23.2 Å². The number of rotatable bonds is 11. The van der Waals surface area contributed by atoms with E-state index < -0.39 is 28.5 Å². The van der Waals surface area contributed by atoms with Gasteiger partial charge >= 0.3 is 0 Å². The molecule has 1 N–H and O–H groups in total. The first-order chi connectivity index (χ1) is 19.6. The highest BCUT2D eigenvalue weighted by molar-refractivity contribution is 7.92. The Labute approximate surface area is 252 Å². The van der Waals surface area contributed by atoms with Gasteiger partial charge in [0, 0.05) is 22.6 Å². The molecule has 0 saturated heterocycles. The first kappa shape index (κ1) is 30.9. The molecule has 41 heavy (non-hydrogen) atoms. The first-order valence-electron chi connectivity index (χ1n) is 13.8. The van der Waals surface area contributed by atoms with Crippen LogP contribution in [0.25, 0.3) is 0 Å². The number of hydrogen-bond acceptors (Lipinski definition) is 4. The fourth-order valence-electron chi connectivity index (χ4n) is 5.06. The monoisotopic (exact) mass is 615 g/mol. The SMILES string of the molecule is CC[C@@H](C(=O)NC1CCCC1)N(Cc1ccc(Cl)cc1)C(=O)CN(c1ccc(C)c(Cl)c1)S(=O)(=O)c1ccccc1. The van der Waals surface area contributed by atoms with Crippen molar-refractivity contribution in [2.45, 2.75) is 69.5 Å². The van der Waals surface area contributed by atoms with E-state index >= 15 is 0 Å². The summed E-state index contributed by atoms with van der Waals surface area (Å²) in [5, 5.41) is 4.04. The van der Waals surface area contributed by atoms with Crippen LogP contribution in [0.15, 0.2) is 77.7 Å². The largest absolute Gasteiger partial charge is 0.352 e. The maximum absolute atomic E-state index is 14.2. The smallest absolute Gasteiger partial charge is 0.264 e. The molecule has 0 heterocycles. The van der Waals surface area contributed by atoms with Crippen LogP contribution in [-0.2, 0) is 26.2 Å². The number of carbonyl (C=O) groups is 2. The Balaban J connectivity index is 1.72. The van der Waals surface area contributed by atoms with Crippen molar-refractivity contribution in [1.29, 1.82) is 0 Å². The molecule has 218 valence electrons. The first-order valence-corrected chi connectivity index (χ1v) is 16.0. The van der Waals surface area contributed by atoms with E-state index in [0.717, 1.165) is 41.1 Å². The number of sulfonamides is 1. The van der Waals surface area contributed by atoms with Gasteiger partial charge < -0.3 is 10.2 Å². The Morgan fingerprint density at radius 1 is 0.976 bits per heavy atom. The number of benzene rings is 3. The maximum atomic E-state index is 14.2. The summed E-state index contributed by atoms with van der Waals surface area (Å²) >= 11 is 12.5. The van der Waals surface area contributed by atoms with Crippen LogP contribution in [0.5, 0.6) is 0 Å². The van der Waals surface area contributed by atoms with Crippen LogP contribution in [0, 0.1) is 6.92 Å². The standard InChI is InChI=1S/C31H35Cl2N3O4S/c1-3-29(31(38)34-25-9-7-8-10-25)35(20-23-14-16-24(32)17-15-23)30(37)21-36(26-18-13-22(2)28(33)19-26)41(39,40)27-11-5-4-6-12-27/h4-6,11-19,25,29H,3,7-10,20-21H2,1-2H3,(H,34,38)/t29-/m0/s1. The molecule has 3 aromatic rings. The summed E-state index contributed by atoms with van der Waals surface area (Å²) < 4.78 is 28.9. The summed E-state index contributed by atoms with van der Waals surface area (Å²) in [5.41, 5.74) is 1.80. The molecule has 0 radical (unpaired) electrons. The molecule has 10 heteroatoms. The zero-order valence-corrected chi connectivity index (χ0v) is 25.6. The Morgan fingerprint density at radius 3 is 2.24 bits per heavy atom. The molecule has 7 nitrogen and oxygen atoms in total. The number of anilines is 1. The quantitative estimate of drug-likeness (QED) is 0.272. The van der Waals surface area contributed by atoms with Gasteiger partial charge in [0.15, 0.2) is 0 Å². The highest BCUT2D eigenvalue weighted by Gasteiger charge is 2.34. The number of aryl methyl sites for hydroxylation is 1. The van der Waals surface area contributed by atoms with E-state index in [4.69, 9.17) is 23.2 Å². The van der Waals surface area contributed by atoms with Crippen molar-refractivity contribution in [3.8, 4) is 0 Å². The fraction of sp³-hybridized carbons (Fsp3) is 0.355. The molecule has 1 fully saturated rings. The van der Waals surface area contributed by atoms with Crippen molar-refractivity contribution in [1.82, 2.24) is 10.2 Å². The van der Waals surface area contributed by atoms with Gasteiger partial charge in [-0.25, -0.2) is 8.42 Å². The molecule has 0 unspecified atom stereocenters. The Bertz CT molecular complexity index is 1460. The summed E-state index contributed by atoms with van der Waals surface area (Å²) in [4.78, 5) is 29.2. The maximum Gasteiger partial charge on any atom is 0.264 e. The van der Waals surface area contributed by atoms with Crippen LogP contribution < -0.4 is 9.62 Å². The number of hydrogen-bond donors (Lipinski definition) is 1. The van der Waals surface area contributed by atoms with Gasteiger partial charge in [-0.2, -0.15) is 0 Å². The zero-order valence-electron chi connectivity index (χ0n) is 23.2. The van der Waals surface area contributed by atoms with Crippen LogP contribution in [0.4, 0.5) is 5.69 Å². The highest BCUT2D eigenvalue weighted by Crippen LogP contribution is 2.29. The predicted octanol–water partition coefficient (Wildman–Crippen LogP) is 6.36. The molecule has 1 aliphatic carbocycles. The molecule has 4 rings (SSSR count). The van der Waals surface area contributed by atoms with Gasteiger partial charge in [0.05, 0.1) is 10.6 Å². The van der Waals surface area contributed by atoms with Crippen LogP contribution in [0.3, 0.4) is 0 Å². The topological polar surface area (TPSA) is 86.8 Å². The van der Waals surface area contributed by atoms with Crippen LogP contribution in [-0.4, -0.2) is 43.8 Å². The molecule has 1 saturated carbocycles. The minimum atomic E-state index is -4.15. The van der Waals surface area contributed by atoms with Gasteiger partial charge in [-0.05, 0) is 73.7 Å². The van der Waals surface area contributed by atoms with Gasteiger partial charge in [-0.15, -0.1) is 0 Å². The van der Waals surface area contributed by atoms with Crippen molar-refractivity contribution in [2.75, 3.05) is 10.8 Å². The van der Waals surface area contributed by atoms with E-state index in [9.17, 15) is 18.0 Å². The summed E-state index contributed by atoms with van der Waals surface area (Å²) in [6.45, 7) is 3.26. The summed E-state index contributed by atoms with van der Waals surface area (Å²) in [6, 6.07) is 19.1. The van der Waals surface area contributed by atoms with Gasteiger partial charge in [0.1, 0.15) is 12.6 Å². The molecule has 1 aliphatic rings. The molecule has 0 aliphatic heterocycles. The number of nitrogens with one attached hydrogen (secondary N) is 1. The Morgan fingerprint density at radius 2 is 1.63 bits per heavy atom. The van der Waals surface area contributed by atoms with E-state index in [2.05, 4.69) is 5.32 Å². The second-order valence-corrected chi connectivity index (χ2v) is 13.0. The lowest BCUT2D eigenvalue weighted by atomic mass is 10.1. The van der Waals surface area contributed by atoms with Crippen molar-refractivity contribution >= 4 is 50.7 Å². The molecule has 3 aromatic carbocycles. The average molecular weight is 617 g/mol. The molecular weight excluding hydrogens is 581 g/mol. The lowest BCUT2D eigenvalue weighted by molar-refractivity contribution is -0.140. The minimum absolute atomic E-state index is 0.0415. The van der Waals surface area contributed by atoms with Crippen molar-refractivity contribution in [2.24, 2.45) is 0 Å². The van der Waals surface area contributed by atoms with E-state index in [1.54, 1.807) is 54.6 Å². The van der Waals surface area contributed by atoms with Gasteiger partial charge in [0.2, 0.25) is 11.8 Å². The summed E-state index contributed by atoms with van der Waals surface area (Å²) in [6.07, 6.45) is 4.29. The third-order valence-corrected chi connectivity index (χ3v) is 9.85. The van der Waals surface area contributed by atoms with Crippen LogP contribution in [0.1, 0.15) is 50.2 Å². The van der Waals surface area contributed by atoms with Gasteiger partial charge in [0.25, 0.3) is 10.0 Å². The lowest BCUT2D eigenvalue weighted by Crippen LogP contribution is -2.53. The number of carbonyl (C=O) groups excluding carboxylic acids is 2. The molecule has 2 amide bonds. The second-order valence-electron chi connectivity index (χ2n) is 10.3. The Hall–Kier alpha value is -3.07. The van der Waals surface area contributed by atoms with Gasteiger partial charge in [-0.3, -0.25) is 13.9 Å². The molecule has 0 aromatic heterocycles. The second kappa shape index (κ2) is 13.7. The zero-order chi connectivity index (χ0) is 29.6. The average Bonchev–Trinajstić information content (AvgIpc) is 3.47. The van der Waals surface area contributed by atoms with E-state index in [1.807, 2.05) is 13.8 Å². The predicted molar refractivity (Wildman–Crippen MR) is 164 cm³/mol. The molecular formula is C31H35Cl2N3O4S. The molecule has 0 spiro atoms. The fourth-order valence-corrected chi connectivity index (χ4v) is 6.79. The third-order valence-electron chi connectivity index (χ3n) is 7.41. The highest BCUT2D eigenvalue weighted by atomic mass is 35.5. The lowest BCUT2D eigenvalue weighted by Gasteiger charge is -2.34. The number of nitrogens with zero attached hydrogens (tertiary/aromatic N) is 2. The van der Waals surface area contributed by atoms with E-state index in [-0.39, 0.29) is 29.1 Å². The summed E-state index contributed by atoms with van der Waals surface area (Å²) in [7, 11) is -4.15. The number of halogens is 2. The van der Waals surface area contributed by atoms with Crippen molar-refractivity contribution < 1.29 is 18.0 Å². The molecule has 1 atom stereocenters. The number of amides is 2. The normalized spacial score (nSPS) is 14.4. The third kappa shape index (κ3) is 7.61. The van der Waals surface area contributed by atoms with E-state index in [0.29, 0.717) is 16.5 Å².